The summed E-state index contributed by atoms with van der Waals surface area (Å²) in [5, 5.41) is 11.4. The molecular formula is C12H15ClN2O3. The summed E-state index contributed by atoms with van der Waals surface area (Å²) in [7, 11) is 1.61. The van der Waals surface area contributed by atoms with Crippen molar-refractivity contribution in [3.63, 3.8) is 0 Å². The van der Waals surface area contributed by atoms with Gasteiger partial charge in [0.1, 0.15) is 6.54 Å². The molecule has 1 aromatic carbocycles. The molecule has 0 aromatic heterocycles. The molecule has 0 saturated carbocycles. The predicted molar refractivity (Wildman–Crippen MR) is 68.7 cm³/mol. The molecule has 0 aliphatic carbocycles. The van der Waals surface area contributed by atoms with Crippen molar-refractivity contribution in [2.24, 2.45) is 0 Å². The molecular weight excluding hydrogens is 256 g/mol. The second-order valence-electron chi connectivity index (χ2n) is 3.89. The van der Waals surface area contributed by atoms with Crippen molar-refractivity contribution < 1.29 is 14.7 Å². The molecule has 0 fully saturated rings. The molecule has 2 N–H and O–H groups in total. The third kappa shape index (κ3) is 3.92. The molecule has 0 aliphatic heterocycles. The summed E-state index contributed by atoms with van der Waals surface area (Å²) in [6.45, 7) is 1.46. The van der Waals surface area contributed by atoms with Gasteiger partial charge in [-0.05, 0) is 24.6 Å². The van der Waals surface area contributed by atoms with Crippen LogP contribution in [0, 0.1) is 0 Å². The van der Waals surface area contributed by atoms with Gasteiger partial charge in [0.05, 0.1) is 6.04 Å². The lowest BCUT2D eigenvalue weighted by atomic mass is 10.1. The monoisotopic (exact) mass is 270 g/mol. The molecule has 1 unspecified atom stereocenters. The number of hydrogen-bond acceptors (Lipinski definition) is 2. The van der Waals surface area contributed by atoms with Crippen molar-refractivity contribution in [3.05, 3.63) is 34.9 Å². The molecule has 18 heavy (non-hydrogen) atoms. The Kier molecular flexibility index (Phi) is 4.97. The Morgan fingerprint density at radius 1 is 1.39 bits per heavy atom. The van der Waals surface area contributed by atoms with Crippen LogP contribution >= 0.6 is 11.6 Å². The molecule has 0 spiro atoms. The third-order valence-corrected chi connectivity index (χ3v) is 2.90. The number of aliphatic carboxylic acids is 1. The van der Waals surface area contributed by atoms with Crippen LogP contribution in [0.2, 0.25) is 5.02 Å². The summed E-state index contributed by atoms with van der Waals surface area (Å²) in [6.07, 6.45) is 0. The predicted octanol–water partition coefficient (Wildman–Crippen LogP) is 2.13. The van der Waals surface area contributed by atoms with E-state index in [0.29, 0.717) is 5.02 Å². The molecule has 2 amide bonds. The summed E-state index contributed by atoms with van der Waals surface area (Å²) in [5.74, 6) is -1.07. The van der Waals surface area contributed by atoms with E-state index < -0.39 is 18.5 Å². The van der Waals surface area contributed by atoms with Gasteiger partial charge in [-0.15, -0.1) is 0 Å². The molecule has 1 rings (SSSR count). The minimum atomic E-state index is -1.07. The highest BCUT2D eigenvalue weighted by Gasteiger charge is 2.17. The minimum absolute atomic E-state index is 0.170. The Morgan fingerprint density at radius 3 is 2.44 bits per heavy atom. The Balaban J connectivity index is 2.65. The van der Waals surface area contributed by atoms with Gasteiger partial charge in [0.2, 0.25) is 0 Å². The van der Waals surface area contributed by atoms with Crippen LogP contribution in [-0.2, 0) is 4.79 Å². The zero-order chi connectivity index (χ0) is 13.7. The fraction of sp³-hybridized carbons (Fsp3) is 0.333. The van der Waals surface area contributed by atoms with E-state index in [1.165, 1.54) is 4.90 Å². The number of nitrogens with zero attached hydrogens (tertiary/aromatic N) is 1. The number of carbonyl (C=O) groups excluding carboxylic acids is 1. The average Bonchev–Trinajstić information content (AvgIpc) is 2.35. The molecule has 1 aromatic rings. The highest BCUT2D eigenvalue weighted by Crippen LogP contribution is 2.20. The van der Waals surface area contributed by atoms with Gasteiger partial charge < -0.3 is 15.3 Å². The van der Waals surface area contributed by atoms with Crippen molar-refractivity contribution in [1.82, 2.24) is 10.2 Å². The van der Waals surface area contributed by atoms with Crippen LogP contribution in [0.1, 0.15) is 18.5 Å². The van der Waals surface area contributed by atoms with Gasteiger partial charge in [-0.1, -0.05) is 23.7 Å². The topological polar surface area (TPSA) is 69.6 Å². The summed E-state index contributed by atoms with van der Waals surface area (Å²) in [4.78, 5) is 23.4. The van der Waals surface area contributed by atoms with Crippen LogP contribution < -0.4 is 5.32 Å². The van der Waals surface area contributed by atoms with Gasteiger partial charge in [-0.3, -0.25) is 4.79 Å². The summed E-state index contributed by atoms with van der Waals surface area (Å²) in [5.41, 5.74) is 0.923. The molecule has 98 valence electrons. The second-order valence-corrected chi connectivity index (χ2v) is 4.33. The quantitative estimate of drug-likeness (QED) is 0.880. The van der Waals surface area contributed by atoms with Gasteiger partial charge in [0.15, 0.2) is 0 Å². The van der Waals surface area contributed by atoms with Gasteiger partial charge in [-0.25, -0.2) is 4.79 Å². The highest BCUT2D eigenvalue weighted by molar-refractivity contribution is 6.30. The van der Waals surface area contributed by atoms with E-state index in [0.717, 1.165) is 5.56 Å². The molecule has 0 bridgehead atoms. The van der Waals surface area contributed by atoms with Crippen molar-refractivity contribution in [3.8, 4) is 0 Å². The van der Waals surface area contributed by atoms with Crippen molar-refractivity contribution in [1.29, 1.82) is 0 Å². The fourth-order valence-corrected chi connectivity index (χ4v) is 1.54. The van der Waals surface area contributed by atoms with E-state index >= 15 is 0 Å². The Morgan fingerprint density at radius 2 is 1.94 bits per heavy atom. The molecule has 6 heteroatoms. The molecule has 0 heterocycles. The summed E-state index contributed by atoms with van der Waals surface area (Å²) >= 11 is 5.78. The van der Waals surface area contributed by atoms with Crippen LogP contribution in [-0.4, -0.2) is 35.6 Å². The fourth-order valence-electron chi connectivity index (χ4n) is 1.42. The maximum absolute atomic E-state index is 11.7. The zero-order valence-electron chi connectivity index (χ0n) is 10.2. The number of hydrogen-bond donors (Lipinski definition) is 2. The first-order valence-corrected chi connectivity index (χ1v) is 5.77. The zero-order valence-corrected chi connectivity index (χ0v) is 10.9. The van der Waals surface area contributed by atoms with Crippen molar-refractivity contribution in [2.75, 3.05) is 13.6 Å². The average molecular weight is 271 g/mol. The smallest absolute Gasteiger partial charge is 0.323 e. The van der Waals surface area contributed by atoms with Crippen LogP contribution in [0.4, 0.5) is 4.79 Å². The Bertz CT molecular complexity index is 433. The lowest BCUT2D eigenvalue weighted by molar-refractivity contribution is -0.135. The van der Waals surface area contributed by atoms with Crippen LogP contribution in [0.5, 0.6) is 0 Å². The number of rotatable bonds is 4. The summed E-state index contributed by atoms with van der Waals surface area (Å²) < 4.78 is 0. The van der Waals surface area contributed by atoms with Crippen LogP contribution in [0.3, 0.4) is 0 Å². The van der Waals surface area contributed by atoms with Crippen molar-refractivity contribution in [2.45, 2.75) is 13.0 Å². The van der Waals surface area contributed by atoms with Gasteiger partial charge in [-0.2, -0.15) is 0 Å². The number of halogens is 1. The number of carbonyl (C=O) groups is 2. The first kappa shape index (κ1) is 14.3. The normalized spacial score (nSPS) is 11.7. The number of carboxylic acids is 1. The van der Waals surface area contributed by atoms with E-state index in [2.05, 4.69) is 5.32 Å². The Hall–Kier alpha value is -1.75. The number of urea groups is 1. The maximum Gasteiger partial charge on any atom is 0.323 e. The number of amides is 2. The number of nitrogens with one attached hydrogen (secondary N) is 1. The molecule has 0 aliphatic rings. The number of benzene rings is 1. The van der Waals surface area contributed by atoms with Crippen LogP contribution in [0.25, 0.3) is 0 Å². The van der Waals surface area contributed by atoms with Crippen molar-refractivity contribution >= 4 is 23.6 Å². The molecule has 0 saturated heterocycles. The lowest BCUT2D eigenvalue weighted by Crippen LogP contribution is -2.40. The minimum Gasteiger partial charge on any atom is -0.480 e. The van der Waals surface area contributed by atoms with E-state index in [4.69, 9.17) is 16.7 Å². The number of carboxylic acid groups (broad SMARTS) is 1. The standard InChI is InChI=1S/C12H15ClN2O3/c1-8(9-3-5-10(13)6-4-9)15(2)12(18)14-7-11(16)17/h3-6,8H,7H2,1-2H3,(H,14,18)(H,16,17). The molecule has 1 atom stereocenters. The maximum atomic E-state index is 11.7. The van der Waals surface area contributed by atoms with Crippen LogP contribution in [0.15, 0.2) is 24.3 Å². The highest BCUT2D eigenvalue weighted by atomic mass is 35.5. The first-order chi connectivity index (χ1) is 8.41. The van der Waals surface area contributed by atoms with E-state index in [9.17, 15) is 9.59 Å². The van der Waals surface area contributed by atoms with E-state index in [1.807, 2.05) is 19.1 Å². The third-order valence-electron chi connectivity index (χ3n) is 2.64. The largest absolute Gasteiger partial charge is 0.480 e. The molecule has 5 nitrogen and oxygen atoms in total. The van der Waals surface area contributed by atoms with Gasteiger partial charge in [0.25, 0.3) is 0 Å². The first-order valence-electron chi connectivity index (χ1n) is 5.39. The lowest BCUT2D eigenvalue weighted by Gasteiger charge is -2.25. The summed E-state index contributed by atoms with van der Waals surface area (Å²) in [6, 6.07) is 6.55. The van der Waals surface area contributed by atoms with Gasteiger partial charge >= 0.3 is 12.0 Å². The SMILES string of the molecule is CC(c1ccc(Cl)cc1)N(C)C(=O)NCC(=O)O. The van der Waals surface area contributed by atoms with Gasteiger partial charge in [0, 0.05) is 12.1 Å². The van der Waals surface area contributed by atoms with E-state index in [-0.39, 0.29) is 6.04 Å². The molecule has 0 radical (unpaired) electrons. The van der Waals surface area contributed by atoms with E-state index in [1.54, 1.807) is 19.2 Å². The Labute approximate surface area is 110 Å². The second kappa shape index (κ2) is 6.26.